The Morgan fingerprint density at radius 1 is 1.47 bits per heavy atom. The molecule has 0 bridgehead atoms. The van der Waals surface area contributed by atoms with Gasteiger partial charge in [-0.2, -0.15) is 0 Å². The number of carboxylic acid groups (broad SMARTS) is 1. The number of aromatic nitrogens is 3. The third kappa shape index (κ3) is 3.08. The first kappa shape index (κ1) is 13.5. The lowest BCUT2D eigenvalue weighted by molar-refractivity contribution is -0.137. The summed E-state index contributed by atoms with van der Waals surface area (Å²) in [6.45, 7) is -0.412. The molecule has 19 heavy (non-hydrogen) atoms. The van der Waals surface area contributed by atoms with E-state index in [1.165, 1.54) is 22.8 Å². The third-order valence-electron chi connectivity index (χ3n) is 2.39. The summed E-state index contributed by atoms with van der Waals surface area (Å²) in [5.74, 6) is -1.57. The van der Waals surface area contributed by atoms with E-state index in [1.807, 2.05) is 0 Å². The van der Waals surface area contributed by atoms with Gasteiger partial charge in [-0.1, -0.05) is 12.1 Å². The maximum absolute atomic E-state index is 13.1. The van der Waals surface area contributed by atoms with Crippen LogP contribution < -0.4 is 5.69 Å². The molecule has 0 saturated heterocycles. The first-order valence-electron chi connectivity index (χ1n) is 5.27. The van der Waals surface area contributed by atoms with Crippen molar-refractivity contribution in [1.82, 2.24) is 14.3 Å². The van der Waals surface area contributed by atoms with Crippen molar-refractivity contribution in [2.24, 2.45) is 0 Å². The molecule has 0 spiro atoms. The van der Waals surface area contributed by atoms with Gasteiger partial charge in [0.25, 0.3) is 0 Å². The minimum Gasteiger partial charge on any atom is -0.480 e. The van der Waals surface area contributed by atoms with Crippen molar-refractivity contribution in [2.45, 2.75) is 13.1 Å². The standard InChI is InChI=1S/C11H9BrFN3O3/c12-10-14-16(6-9(17)18)11(19)15(10)5-7-2-1-3-8(13)4-7/h1-4H,5-6H2,(H,17,18). The Kier molecular flexibility index (Phi) is 3.79. The van der Waals surface area contributed by atoms with Crippen LogP contribution in [-0.2, 0) is 17.9 Å². The molecule has 0 saturated carbocycles. The van der Waals surface area contributed by atoms with Crippen molar-refractivity contribution in [2.75, 3.05) is 0 Å². The lowest BCUT2D eigenvalue weighted by Crippen LogP contribution is -2.28. The molecule has 0 aliphatic heterocycles. The van der Waals surface area contributed by atoms with Crippen molar-refractivity contribution >= 4 is 21.9 Å². The van der Waals surface area contributed by atoms with Gasteiger partial charge in [0.2, 0.25) is 4.73 Å². The van der Waals surface area contributed by atoms with Gasteiger partial charge in [0.1, 0.15) is 12.4 Å². The molecule has 0 radical (unpaired) electrons. The van der Waals surface area contributed by atoms with Gasteiger partial charge in [0.15, 0.2) is 0 Å². The number of carbonyl (C=O) groups is 1. The highest BCUT2D eigenvalue weighted by molar-refractivity contribution is 9.10. The minimum absolute atomic E-state index is 0.108. The Bertz CT molecular complexity index is 680. The molecular weight excluding hydrogens is 321 g/mol. The number of aliphatic carboxylic acids is 1. The quantitative estimate of drug-likeness (QED) is 0.910. The number of rotatable bonds is 4. The summed E-state index contributed by atoms with van der Waals surface area (Å²) in [7, 11) is 0. The fraction of sp³-hybridized carbons (Fsp3) is 0.182. The molecule has 1 aromatic carbocycles. The second-order valence-corrected chi connectivity index (χ2v) is 4.53. The van der Waals surface area contributed by atoms with E-state index in [9.17, 15) is 14.0 Å². The Morgan fingerprint density at radius 3 is 2.84 bits per heavy atom. The van der Waals surface area contributed by atoms with Crippen molar-refractivity contribution in [3.63, 3.8) is 0 Å². The largest absolute Gasteiger partial charge is 0.480 e. The second kappa shape index (κ2) is 5.35. The number of carboxylic acids is 1. The predicted molar refractivity (Wildman–Crippen MR) is 67.3 cm³/mol. The van der Waals surface area contributed by atoms with Crippen LogP contribution in [0.5, 0.6) is 0 Å². The van der Waals surface area contributed by atoms with Gasteiger partial charge >= 0.3 is 11.7 Å². The van der Waals surface area contributed by atoms with Crippen LogP contribution in [0.1, 0.15) is 5.56 Å². The maximum Gasteiger partial charge on any atom is 0.347 e. The number of halogens is 2. The molecule has 2 rings (SSSR count). The van der Waals surface area contributed by atoms with Gasteiger partial charge in [-0.15, -0.1) is 5.10 Å². The zero-order valence-corrected chi connectivity index (χ0v) is 11.2. The summed E-state index contributed by atoms with van der Waals surface area (Å²) in [6, 6.07) is 5.80. The molecule has 1 heterocycles. The molecule has 6 nitrogen and oxygen atoms in total. The number of nitrogens with zero attached hydrogens (tertiary/aromatic N) is 3. The van der Waals surface area contributed by atoms with E-state index in [0.717, 1.165) is 4.68 Å². The number of benzene rings is 1. The van der Waals surface area contributed by atoms with Crippen LogP contribution in [0.2, 0.25) is 0 Å². The maximum atomic E-state index is 13.1. The highest BCUT2D eigenvalue weighted by Gasteiger charge is 2.13. The molecule has 100 valence electrons. The van der Waals surface area contributed by atoms with Crippen molar-refractivity contribution < 1.29 is 14.3 Å². The fourth-order valence-electron chi connectivity index (χ4n) is 1.60. The van der Waals surface area contributed by atoms with E-state index in [0.29, 0.717) is 5.56 Å². The zero-order chi connectivity index (χ0) is 14.0. The van der Waals surface area contributed by atoms with Gasteiger partial charge in [-0.05, 0) is 33.6 Å². The molecule has 1 aromatic heterocycles. The van der Waals surface area contributed by atoms with Crippen LogP contribution >= 0.6 is 15.9 Å². The van der Waals surface area contributed by atoms with Crippen LogP contribution in [-0.4, -0.2) is 25.4 Å². The van der Waals surface area contributed by atoms with Gasteiger partial charge in [-0.3, -0.25) is 9.36 Å². The average molecular weight is 330 g/mol. The van der Waals surface area contributed by atoms with Crippen LogP contribution in [0, 0.1) is 5.82 Å². The summed E-state index contributed by atoms with van der Waals surface area (Å²) < 4.78 is 15.3. The third-order valence-corrected chi connectivity index (χ3v) is 2.98. The Hall–Kier alpha value is -1.96. The summed E-state index contributed by atoms with van der Waals surface area (Å²) in [5, 5.41) is 12.4. The molecular formula is C11H9BrFN3O3. The lowest BCUT2D eigenvalue weighted by Gasteiger charge is -2.02. The smallest absolute Gasteiger partial charge is 0.347 e. The van der Waals surface area contributed by atoms with Crippen LogP contribution in [0.15, 0.2) is 33.8 Å². The highest BCUT2D eigenvalue weighted by atomic mass is 79.9. The van der Waals surface area contributed by atoms with Gasteiger partial charge < -0.3 is 5.11 Å². The molecule has 8 heteroatoms. The molecule has 0 atom stereocenters. The fourth-order valence-corrected chi connectivity index (χ4v) is 2.07. The van der Waals surface area contributed by atoms with E-state index < -0.39 is 24.0 Å². The molecule has 2 aromatic rings. The second-order valence-electron chi connectivity index (χ2n) is 3.82. The summed E-state index contributed by atoms with van der Waals surface area (Å²) in [6.07, 6.45) is 0. The molecule has 0 amide bonds. The Morgan fingerprint density at radius 2 is 2.21 bits per heavy atom. The van der Waals surface area contributed by atoms with Gasteiger partial charge in [0.05, 0.1) is 6.54 Å². The van der Waals surface area contributed by atoms with Crippen LogP contribution in [0.3, 0.4) is 0 Å². The highest BCUT2D eigenvalue weighted by Crippen LogP contribution is 2.09. The number of hydrogen-bond donors (Lipinski definition) is 1. The van der Waals surface area contributed by atoms with Gasteiger partial charge in [-0.25, -0.2) is 13.9 Å². The normalized spacial score (nSPS) is 10.6. The van der Waals surface area contributed by atoms with Crippen molar-refractivity contribution in [3.8, 4) is 0 Å². The van der Waals surface area contributed by atoms with E-state index in [-0.39, 0.29) is 11.3 Å². The van der Waals surface area contributed by atoms with Crippen LogP contribution in [0.25, 0.3) is 0 Å². The predicted octanol–water partition coefficient (Wildman–Crippen LogP) is 1.08. The summed E-state index contributed by atoms with van der Waals surface area (Å²) in [4.78, 5) is 22.5. The summed E-state index contributed by atoms with van der Waals surface area (Å²) in [5.41, 5.74) is 0.0104. The first-order valence-corrected chi connectivity index (χ1v) is 6.06. The Balaban J connectivity index is 2.33. The van der Waals surface area contributed by atoms with E-state index in [2.05, 4.69) is 21.0 Å². The molecule has 0 unspecified atom stereocenters. The van der Waals surface area contributed by atoms with E-state index >= 15 is 0 Å². The lowest BCUT2D eigenvalue weighted by atomic mass is 10.2. The number of hydrogen-bond acceptors (Lipinski definition) is 3. The topological polar surface area (TPSA) is 77.1 Å². The van der Waals surface area contributed by atoms with E-state index in [1.54, 1.807) is 6.07 Å². The van der Waals surface area contributed by atoms with Gasteiger partial charge in [0, 0.05) is 0 Å². The van der Waals surface area contributed by atoms with Crippen LogP contribution in [0.4, 0.5) is 4.39 Å². The molecule has 0 aliphatic carbocycles. The molecule has 0 fully saturated rings. The molecule has 0 aliphatic rings. The summed E-state index contributed by atoms with van der Waals surface area (Å²) >= 11 is 3.08. The van der Waals surface area contributed by atoms with Crippen molar-refractivity contribution in [3.05, 3.63) is 50.9 Å². The zero-order valence-electron chi connectivity index (χ0n) is 9.58. The first-order chi connectivity index (χ1) is 8.97. The Labute approximate surface area is 115 Å². The van der Waals surface area contributed by atoms with Crippen molar-refractivity contribution in [1.29, 1.82) is 0 Å². The monoisotopic (exact) mass is 329 g/mol. The molecule has 1 N–H and O–H groups in total. The minimum atomic E-state index is -1.16. The average Bonchev–Trinajstić information content (AvgIpc) is 2.56. The van der Waals surface area contributed by atoms with E-state index in [4.69, 9.17) is 5.11 Å². The SMILES string of the molecule is O=C(O)Cn1nc(Br)n(Cc2cccc(F)c2)c1=O.